The number of hydrogen-bond donors (Lipinski definition) is 0. The van der Waals surface area contributed by atoms with E-state index in [4.69, 9.17) is 0 Å². The van der Waals surface area contributed by atoms with E-state index in [0.29, 0.717) is 0 Å². The molecule has 0 aliphatic heterocycles. The van der Waals surface area contributed by atoms with Crippen molar-refractivity contribution in [3.8, 4) is 22.5 Å². The van der Waals surface area contributed by atoms with Gasteiger partial charge >= 0.3 is 0 Å². The summed E-state index contributed by atoms with van der Waals surface area (Å²) < 4.78 is 0. The summed E-state index contributed by atoms with van der Waals surface area (Å²) >= 11 is 0. The van der Waals surface area contributed by atoms with Crippen LogP contribution in [0, 0.1) is 12.1 Å². The summed E-state index contributed by atoms with van der Waals surface area (Å²) in [5.74, 6) is 0. The van der Waals surface area contributed by atoms with E-state index in [2.05, 4.69) is 64.6 Å². The summed E-state index contributed by atoms with van der Waals surface area (Å²) in [6.45, 7) is 0. The van der Waals surface area contributed by atoms with Gasteiger partial charge in [0.2, 0.25) is 0 Å². The molecule has 0 bridgehead atoms. The van der Waals surface area contributed by atoms with E-state index in [-0.39, 0.29) is 20.1 Å². The van der Waals surface area contributed by atoms with Gasteiger partial charge in [-0.1, -0.05) is 71.4 Å². The molecule has 0 N–H and O–H groups in total. The Labute approximate surface area is 207 Å². The number of pyridine rings is 2. The fraction of sp³-hybridized carbons (Fsp3) is 0. The molecule has 0 amide bonds. The van der Waals surface area contributed by atoms with Crippen molar-refractivity contribution in [2.45, 2.75) is 0 Å². The SMILES string of the molecule is [Ir].[c-]1cc2ccc3ccccc3c2cc1-c1ccccn1.[c-]1ccccc1-c1ccccn1. The van der Waals surface area contributed by atoms with Crippen LogP contribution in [0.15, 0.2) is 122 Å². The van der Waals surface area contributed by atoms with E-state index in [1.165, 1.54) is 21.5 Å². The molecule has 0 spiro atoms. The van der Waals surface area contributed by atoms with Crippen LogP contribution in [0.5, 0.6) is 0 Å². The molecule has 161 valence electrons. The maximum Gasteiger partial charge on any atom is 0.0160 e. The quantitative estimate of drug-likeness (QED) is 0.153. The number of aromatic nitrogens is 2. The van der Waals surface area contributed by atoms with Crippen molar-refractivity contribution in [1.29, 1.82) is 0 Å². The summed E-state index contributed by atoms with van der Waals surface area (Å²) in [6, 6.07) is 43.1. The Hall–Kier alpha value is -3.65. The predicted molar refractivity (Wildman–Crippen MR) is 132 cm³/mol. The maximum atomic E-state index is 4.40. The summed E-state index contributed by atoms with van der Waals surface area (Å²) in [7, 11) is 0. The molecule has 2 heterocycles. The number of nitrogens with zero attached hydrogens (tertiary/aromatic N) is 2. The standard InChI is InChI=1S/C19H12N.C11H8N.Ir/c1-2-6-17-14(5-1)8-9-15-10-11-16(13-18(15)17)19-7-3-4-12-20-19;1-2-6-10(7-3-1)11-8-4-5-9-12-11;/h1-10,12-13H;1-6,8-9H;/q2*-1;. The van der Waals surface area contributed by atoms with Crippen LogP contribution < -0.4 is 0 Å². The van der Waals surface area contributed by atoms with Crippen LogP contribution in [0.2, 0.25) is 0 Å². The van der Waals surface area contributed by atoms with Gasteiger partial charge in [-0.3, -0.25) is 0 Å². The summed E-state index contributed by atoms with van der Waals surface area (Å²) in [5, 5.41) is 5.00. The van der Waals surface area contributed by atoms with Crippen LogP contribution in [0.1, 0.15) is 0 Å². The average Bonchev–Trinajstić information content (AvgIpc) is 2.90. The van der Waals surface area contributed by atoms with Crippen molar-refractivity contribution in [1.82, 2.24) is 9.97 Å². The molecular weight excluding hydrogens is 581 g/mol. The summed E-state index contributed by atoms with van der Waals surface area (Å²) in [4.78, 5) is 8.62. The first kappa shape index (κ1) is 22.5. The third kappa shape index (κ3) is 5.23. The van der Waals surface area contributed by atoms with Gasteiger partial charge in [-0.15, -0.1) is 59.7 Å². The molecule has 6 rings (SSSR count). The van der Waals surface area contributed by atoms with E-state index >= 15 is 0 Å². The minimum absolute atomic E-state index is 0. The summed E-state index contributed by atoms with van der Waals surface area (Å²) in [6.07, 6.45) is 3.60. The third-order valence-electron chi connectivity index (χ3n) is 5.27. The average molecular weight is 601 g/mol. The van der Waals surface area contributed by atoms with Gasteiger partial charge in [-0.25, -0.2) is 0 Å². The Balaban J connectivity index is 0.000000172. The van der Waals surface area contributed by atoms with Crippen LogP contribution in [-0.2, 0) is 20.1 Å². The van der Waals surface area contributed by atoms with Crippen LogP contribution >= 0.6 is 0 Å². The van der Waals surface area contributed by atoms with Crippen molar-refractivity contribution in [2.24, 2.45) is 0 Å². The van der Waals surface area contributed by atoms with Crippen LogP contribution in [0.4, 0.5) is 0 Å². The van der Waals surface area contributed by atoms with Crippen LogP contribution in [0.3, 0.4) is 0 Å². The topological polar surface area (TPSA) is 25.8 Å². The van der Waals surface area contributed by atoms with Gasteiger partial charge in [0.25, 0.3) is 0 Å². The molecule has 6 aromatic rings. The molecule has 0 unspecified atom stereocenters. The first-order valence-electron chi connectivity index (χ1n) is 10.5. The Morgan fingerprint density at radius 1 is 0.515 bits per heavy atom. The van der Waals surface area contributed by atoms with Crippen molar-refractivity contribution in [3.05, 3.63) is 134 Å². The molecule has 3 heteroatoms. The van der Waals surface area contributed by atoms with Gasteiger partial charge in [0.05, 0.1) is 0 Å². The first-order valence-corrected chi connectivity index (χ1v) is 10.5. The van der Waals surface area contributed by atoms with E-state index < -0.39 is 0 Å². The second-order valence-electron chi connectivity index (χ2n) is 7.34. The van der Waals surface area contributed by atoms with Gasteiger partial charge in [0.1, 0.15) is 0 Å². The molecule has 0 saturated carbocycles. The van der Waals surface area contributed by atoms with Gasteiger partial charge in [-0.05, 0) is 34.3 Å². The van der Waals surface area contributed by atoms with Crippen molar-refractivity contribution in [2.75, 3.05) is 0 Å². The summed E-state index contributed by atoms with van der Waals surface area (Å²) in [5.41, 5.74) is 4.01. The van der Waals surface area contributed by atoms with Crippen LogP contribution in [0.25, 0.3) is 44.1 Å². The molecule has 2 aromatic heterocycles. The Bertz CT molecular complexity index is 1410. The Kier molecular flexibility index (Phi) is 7.36. The molecule has 0 saturated heterocycles. The number of hydrogen-bond acceptors (Lipinski definition) is 2. The molecule has 0 aliphatic rings. The van der Waals surface area contributed by atoms with Crippen molar-refractivity contribution >= 4 is 21.5 Å². The van der Waals surface area contributed by atoms with E-state index in [1.807, 2.05) is 72.9 Å². The van der Waals surface area contributed by atoms with Gasteiger partial charge in [0, 0.05) is 32.5 Å². The zero-order valence-electron chi connectivity index (χ0n) is 17.8. The molecular formula is C30H20IrN2-2. The molecule has 0 atom stereocenters. The van der Waals surface area contributed by atoms with Gasteiger partial charge in [0.15, 0.2) is 0 Å². The molecule has 2 nitrogen and oxygen atoms in total. The number of rotatable bonds is 2. The minimum Gasteiger partial charge on any atom is -0.305 e. The van der Waals surface area contributed by atoms with E-state index in [0.717, 1.165) is 22.5 Å². The number of fused-ring (bicyclic) bond motifs is 3. The molecule has 0 aliphatic carbocycles. The Morgan fingerprint density at radius 3 is 1.88 bits per heavy atom. The second-order valence-corrected chi connectivity index (χ2v) is 7.34. The van der Waals surface area contributed by atoms with Crippen molar-refractivity contribution in [3.63, 3.8) is 0 Å². The zero-order chi connectivity index (χ0) is 21.6. The van der Waals surface area contributed by atoms with Crippen molar-refractivity contribution < 1.29 is 20.1 Å². The van der Waals surface area contributed by atoms with E-state index in [1.54, 1.807) is 6.20 Å². The molecule has 0 fully saturated rings. The normalized spacial score (nSPS) is 10.2. The third-order valence-corrected chi connectivity index (χ3v) is 5.27. The zero-order valence-corrected chi connectivity index (χ0v) is 20.2. The molecule has 4 aromatic carbocycles. The first-order chi connectivity index (χ1) is 15.9. The Morgan fingerprint density at radius 2 is 1.18 bits per heavy atom. The predicted octanol–water partition coefficient (Wildman–Crippen LogP) is 7.40. The van der Waals surface area contributed by atoms with Crippen LogP contribution in [-0.4, -0.2) is 9.97 Å². The molecule has 1 radical (unpaired) electrons. The van der Waals surface area contributed by atoms with Gasteiger partial charge in [-0.2, -0.15) is 0 Å². The second kappa shape index (κ2) is 10.8. The van der Waals surface area contributed by atoms with Gasteiger partial charge < -0.3 is 9.97 Å². The fourth-order valence-corrected chi connectivity index (χ4v) is 3.69. The number of benzene rings is 4. The smallest absolute Gasteiger partial charge is 0.0160 e. The largest absolute Gasteiger partial charge is 0.305 e. The molecule has 33 heavy (non-hydrogen) atoms. The fourth-order valence-electron chi connectivity index (χ4n) is 3.69. The monoisotopic (exact) mass is 601 g/mol. The van der Waals surface area contributed by atoms with E-state index in [9.17, 15) is 0 Å². The maximum absolute atomic E-state index is 4.40. The minimum atomic E-state index is 0.